The molecule has 0 N–H and O–H groups in total. The fourth-order valence-electron chi connectivity index (χ4n) is 3.15. The predicted octanol–water partition coefficient (Wildman–Crippen LogP) is 4.49. The summed E-state index contributed by atoms with van der Waals surface area (Å²) in [4.78, 5) is 11.9. The molecule has 1 unspecified atom stereocenters. The minimum atomic E-state index is 0.156. The van der Waals surface area contributed by atoms with Gasteiger partial charge in [-0.25, -0.2) is 0 Å². The molecule has 1 heteroatoms. The van der Waals surface area contributed by atoms with Gasteiger partial charge in [0.05, 0.1) is 0 Å². The monoisotopic (exact) mass is 242 g/mol. The van der Waals surface area contributed by atoms with Crippen LogP contribution in [0.25, 0.3) is 6.08 Å². The van der Waals surface area contributed by atoms with Gasteiger partial charge in [0.25, 0.3) is 0 Å². The Kier molecular flexibility index (Phi) is 4.35. The van der Waals surface area contributed by atoms with Crippen LogP contribution in [0.15, 0.2) is 35.9 Å². The smallest absolute Gasteiger partial charge is 0.137 e. The number of Topliss-reactive ketones (excluding diaryl/α,β-unsaturated/α-hetero) is 1. The second kappa shape index (κ2) is 5.99. The Morgan fingerprint density at radius 3 is 2.67 bits per heavy atom. The van der Waals surface area contributed by atoms with Crippen molar-refractivity contribution in [3.05, 3.63) is 41.5 Å². The van der Waals surface area contributed by atoms with Crippen LogP contribution in [0.1, 0.15) is 45.1 Å². The molecule has 0 bridgehead atoms. The van der Waals surface area contributed by atoms with Crippen molar-refractivity contribution in [2.75, 3.05) is 0 Å². The first-order chi connectivity index (χ1) is 8.72. The zero-order valence-corrected chi connectivity index (χ0v) is 11.4. The normalized spacial score (nSPS) is 26.2. The van der Waals surface area contributed by atoms with Gasteiger partial charge in [0.2, 0.25) is 0 Å². The maximum absolute atomic E-state index is 11.9. The second-order valence-electron chi connectivity index (χ2n) is 5.28. The van der Waals surface area contributed by atoms with Crippen molar-refractivity contribution >= 4 is 11.9 Å². The van der Waals surface area contributed by atoms with Crippen LogP contribution in [0.5, 0.6) is 0 Å². The van der Waals surface area contributed by atoms with E-state index >= 15 is 0 Å². The molecule has 0 radical (unpaired) electrons. The quantitative estimate of drug-likeness (QED) is 0.763. The molecule has 1 aromatic carbocycles. The first-order valence-corrected chi connectivity index (χ1v) is 6.98. The fourth-order valence-corrected chi connectivity index (χ4v) is 3.15. The van der Waals surface area contributed by atoms with E-state index in [1.165, 1.54) is 24.0 Å². The van der Waals surface area contributed by atoms with Gasteiger partial charge in [-0.1, -0.05) is 55.3 Å². The maximum atomic E-state index is 11.9. The molecule has 1 fully saturated rings. The van der Waals surface area contributed by atoms with Gasteiger partial charge in [-0.3, -0.25) is 4.79 Å². The molecule has 0 aliphatic heterocycles. The van der Waals surface area contributed by atoms with Crippen LogP contribution in [0.3, 0.4) is 0 Å². The first-order valence-electron chi connectivity index (χ1n) is 6.98. The summed E-state index contributed by atoms with van der Waals surface area (Å²) in [6, 6.07) is 10.4. The van der Waals surface area contributed by atoms with Crippen LogP contribution in [0.2, 0.25) is 0 Å². The third-order valence-electron chi connectivity index (χ3n) is 4.03. The lowest BCUT2D eigenvalue weighted by Gasteiger charge is -2.31. The summed E-state index contributed by atoms with van der Waals surface area (Å²) in [6.45, 7) is 3.95. The summed E-state index contributed by atoms with van der Waals surface area (Å²) in [5.41, 5.74) is 2.56. The zero-order valence-electron chi connectivity index (χ0n) is 11.4. The van der Waals surface area contributed by atoms with Gasteiger partial charge in [-0.2, -0.15) is 0 Å². The molecular weight excluding hydrogens is 220 g/mol. The molecule has 1 aromatic rings. The van der Waals surface area contributed by atoms with E-state index in [0.29, 0.717) is 11.7 Å². The number of benzene rings is 1. The van der Waals surface area contributed by atoms with E-state index in [0.717, 1.165) is 12.8 Å². The summed E-state index contributed by atoms with van der Waals surface area (Å²) in [5, 5.41) is 0. The highest BCUT2D eigenvalue weighted by molar-refractivity contribution is 5.83. The Bertz CT molecular complexity index is 430. The van der Waals surface area contributed by atoms with Gasteiger partial charge in [0, 0.05) is 5.92 Å². The van der Waals surface area contributed by atoms with Crippen molar-refractivity contribution in [1.82, 2.24) is 0 Å². The van der Waals surface area contributed by atoms with Gasteiger partial charge < -0.3 is 0 Å². The number of carbonyl (C=O) groups excluding carboxylic acids is 1. The average Bonchev–Trinajstić information content (AvgIpc) is 2.39. The van der Waals surface area contributed by atoms with E-state index in [9.17, 15) is 4.79 Å². The van der Waals surface area contributed by atoms with Crippen molar-refractivity contribution in [3.63, 3.8) is 0 Å². The van der Waals surface area contributed by atoms with Crippen molar-refractivity contribution in [2.24, 2.45) is 11.8 Å². The minimum Gasteiger partial charge on any atom is -0.299 e. The average molecular weight is 242 g/mol. The van der Waals surface area contributed by atoms with Crippen LogP contribution in [-0.4, -0.2) is 5.78 Å². The summed E-state index contributed by atoms with van der Waals surface area (Å²) in [5.74, 6) is 1.04. The maximum Gasteiger partial charge on any atom is 0.137 e. The highest BCUT2D eigenvalue weighted by atomic mass is 16.1. The molecule has 0 saturated heterocycles. The number of hydrogen-bond acceptors (Lipinski definition) is 1. The molecule has 2 atom stereocenters. The molecule has 2 rings (SSSR count). The third kappa shape index (κ3) is 2.90. The molecule has 1 saturated carbocycles. The lowest BCUT2D eigenvalue weighted by atomic mass is 9.72. The van der Waals surface area contributed by atoms with Crippen LogP contribution < -0.4 is 0 Å². The molecule has 0 spiro atoms. The molecule has 1 nitrogen and oxygen atoms in total. The van der Waals surface area contributed by atoms with Gasteiger partial charge in [0.1, 0.15) is 5.78 Å². The SMILES string of the molecule is CC[C@H]1CCC/C(=C\c2ccccc2)C1C(C)=O. The van der Waals surface area contributed by atoms with E-state index in [1.54, 1.807) is 6.92 Å². The topological polar surface area (TPSA) is 17.1 Å². The second-order valence-corrected chi connectivity index (χ2v) is 5.28. The third-order valence-corrected chi connectivity index (χ3v) is 4.03. The number of carbonyl (C=O) groups is 1. The Morgan fingerprint density at radius 1 is 1.33 bits per heavy atom. The predicted molar refractivity (Wildman–Crippen MR) is 76.2 cm³/mol. The van der Waals surface area contributed by atoms with E-state index in [2.05, 4.69) is 37.3 Å². The molecule has 1 aliphatic rings. The molecule has 0 heterocycles. The molecule has 0 aromatic heterocycles. The Labute approximate surface area is 110 Å². The minimum absolute atomic E-state index is 0.156. The van der Waals surface area contributed by atoms with Crippen molar-refractivity contribution in [1.29, 1.82) is 0 Å². The molecule has 1 aliphatic carbocycles. The van der Waals surface area contributed by atoms with Crippen LogP contribution in [-0.2, 0) is 4.79 Å². The van der Waals surface area contributed by atoms with Crippen molar-refractivity contribution in [2.45, 2.75) is 39.5 Å². The van der Waals surface area contributed by atoms with E-state index < -0.39 is 0 Å². The number of rotatable bonds is 3. The van der Waals surface area contributed by atoms with E-state index in [1.807, 2.05) is 6.07 Å². The van der Waals surface area contributed by atoms with E-state index in [4.69, 9.17) is 0 Å². The van der Waals surface area contributed by atoms with Gasteiger partial charge >= 0.3 is 0 Å². The molecule has 0 amide bonds. The van der Waals surface area contributed by atoms with Crippen LogP contribution in [0.4, 0.5) is 0 Å². The van der Waals surface area contributed by atoms with Crippen molar-refractivity contribution < 1.29 is 4.79 Å². The Hall–Kier alpha value is -1.37. The first kappa shape index (κ1) is 13.1. The van der Waals surface area contributed by atoms with Crippen LogP contribution in [0, 0.1) is 11.8 Å². The molecule has 18 heavy (non-hydrogen) atoms. The van der Waals surface area contributed by atoms with Crippen LogP contribution >= 0.6 is 0 Å². The van der Waals surface area contributed by atoms with E-state index in [-0.39, 0.29) is 5.92 Å². The summed E-state index contributed by atoms with van der Waals surface area (Å²) < 4.78 is 0. The Morgan fingerprint density at radius 2 is 2.06 bits per heavy atom. The number of ketones is 1. The van der Waals surface area contributed by atoms with Gasteiger partial charge in [-0.05, 0) is 37.7 Å². The summed E-state index contributed by atoms with van der Waals surface area (Å²) in [6.07, 6.45) is 6.84. The molecular formula is C17H22O. The zero-order chi connectivity index (χ0) is 13.0. The number of hydrogen-bond donors (Lipinski definition) is 0. The summed E-state index contributed by atoms with van der Waals surface area (Å²) >= 11 is 0. The van der Waals surface area contributed by atoms with Gasteiger partial charge in [-0.15, -0.1) is 0 Å². The standard InChI is InChI=1S/C17H22O/c1-3-15-10-7-11-16(17(15)13(2)18)12-14-8-5-4-6-9-14/h4-6,8-9,12,15,17H,3,7,10-11H2,1-2H3/b16-12+/t15-,17?/m0/s1. The fraction of sp³-hybridized carbons (Fsp3) is 0.471. The highest BCUT2D eigenvalue weighted by Crippen LogP contribution is 2.37. The largest absolute Gasteiger partial charge is 0.299 e. The molecule has 96 valence electrons. The van der Waals surface area contributed by atoms with Crippen molar-refractivity contribution in [3.8, 4) is 0 Å². The lowest BCUT2D eigenvalue weighted by molar-refractivity contribution is -0.121. The van der Waals surface area contributed by atoms with Gasteiger partial charge in [0.15, 0.2) is 0 Å². The number of allylic oxidation sites excluding steroid dienone is 1. The lowest BCUT2D eigenvalue weighted by Crippen LogP contribution is -2.27. The highest BCUT2D eigenvalue weighted by Gasteiger charge is 2.30. The Balaban J connectivity index is 2.29. The summed E-state index contributed by atoms with van der Waals surface area (Å²) in [7, 11) is 0.